The van der Waals surface area contributed by atoms with Crippen LogP contribution in [0.2, 0.25) is 0 Å². The van der Waals surface area contributed by atoms with Crippen molar-refractivity contribution in [2.24, 2.45) is 0 Å². The zero-order valence-corrected chi connectivity index (χ0v) is 5.76. The van der Waals surface area contributed by atoms with Crippen molar-refractivity contribution < 1.29 is 19.4 Å². The van der Waals surface area contributed by atoms with E-state index in [0.717, 1.165) is 0 Å². The number of carboxylic acids is 1. The number of unbranched alkanes of at least 4 members (excludes halogenated alkanes) is 1. The molecule has 0 rings (SSSR count). The molecule has 0 spiro atoms. The van der Waals surface area contributed by atoms with E-state index in [-0.39, 0.29) is 0 Å². The summed E-state index contributed by atoms with van der Waals surface area (Å²) >= 11 is 0. The van der Waals surface area contributed by atoms with E-state index in [1.807, 2.05) is 0 Å². The van der Waals surface area contributed by atoms with Gasteiger partial charge in [0.2, 0.25) is 5.85 Å². The second-order valence-electron chi connectivity index (χ2n) is 2.15. The first-order valence-electron chi connectivity index (χ1n) is 3.13. The van der Waals surface area contributed by atoms with E-state index >= 15 is 0 Å². The van der Waals surface area contributed by atoms with E-state index in [1.54, 1.807) is 6.92 Å². The van der Waals surface area contributed by atoms with Crippen LogP contribution in [0.15, 0.2) is 0 Å². The summed E-state index contributed by atoms with van der Waals surface area (Å²) in [5.74, 6) is -5.20. The molecular formula is C6H10FO3-. The Morgan fingerprint density at radius 2 is 2.30 bits per heavy atom. The maximum absolute atomic E-state index is 12.3. The van der Waals surface area contributed by atoms with Gasteiger partial charge in [-0.05, 0) is 6.42 Å². The fourth-order valence-corrected chi connectivity index (χ4v) is 0.513. The number of aliphatic carboxylic acids is 1. The molecule has 0 radical (unpaired) electrons. The third kappa shape index (κ3) is 2.77. The Hall–Kier alpha value is -0.640. The van der Waals surface area contributed by atoms with Gasteiger partial charge in [-0.1, -0.05) is 13.3 Å². The summed E-state index contributed by atoms with van der Waals surface area (Å²) in [6.45, 7) is 1.77. The molecule has 0 aliphatic carbocycles. The summed E-state index contributed by atoms with van der Waals surface area (Å²) in [6, 6.07) is 0. The molecular weight excluding hydrogens is 139 g/mol. The van der Waals surface area contributed by atoms with Crippen LogP contribution in [0, 0.1) is 0 Å². The molecule has 60 valence electrons. The smallest absolute Gasteiger partial charge is 0.247 e. The van der Waals surface area contributed by atoms with Crippen LogP contribution in [0.25, 0.3) is 0 Å². The molecule has 0 amide bonds. The van der Waals surface area contributed by atoms with Gasteiger partial charge < -0.3 is 15.0 Å². The first-order chi connectivity index (χ1) is 4.50. The van der Waals surface area contributed by atoms with Crippen LogP contribution in [0.4, 0.5) is 4.39 Å². The van der Waals surface area contributed by atoms with Gasteiger partial charge in [-0.15, -0.1) is 0 Å². The SMILES string of the molecule is CCCCC(O)(F)C(=O)[O-]. The monoisotopic (exact) mass is 149 g/mol. The number of hydrogen-bond donors (Lipinski definition) is 1. The minimum absolute atomic E-state index is 0.334. The second-order valence-corrected chi connectivity index (χ2v) is 2.15. The number of halogens is 1. The van der Waals surface area contributed by atoms with Gasteiger partial charge in [0, 0.05) is 6.42 Å². The van der Waals surface area contributed by atoms with Crippen LogP contribution in [-0.4, -0.2) is 16.9 Å². The molecule has 0 aromatic rings. The Labute approximate surface area is 58.5 Å². The zero-order valence-electron chi connectivity index (χ0n) is 5.76. The molecule has 0 fully saturated rings. The van der Waals surface area contributed by atoms with Gasteiger partial charge in [0.15, 0.2) is 0 Å². The molecule has 0 aliphatic heterocycles. The molecule has 0 aliphatic rings. The maximum atomic E-state index is 12.3. The van der Waals surface area contributed by atoms with Crippen LogP contribution in [-0.2, 0) is 4.79 Å². The van der Waals surface area contributed by atoms with Gasteiger partial charge in [0.25, 0.3) is 0 Å². The van der Waals surface area contributed by atoms with Gasteiger partial charge in [-0.25, -0.2) is 4.39 Å². The lowest BCUT2D eigenvalue weighted by atomic mass is 10.1. The molecule has 0 aromatic heterocycles. The van der Waals surface area contributed by atoms with Crippen LogP contribution in [0.3, 0.4) is 0 Å². The fourth-order valence-electron chi connectivity index (χ4n) is 0.513. The Balaban J connectivity index is 3.75. The Bertz CT molecular complexity index is 122. The number of carbonyl (C=O) groups is 1. The molecule has 0 bridgehead atoms. The van der Waals surface area contributed by atoms with Crippen molar-refractivity contribution in [3.63, 3.8) is 0 Å². The maximum Gasteiger partial charge on any atom is 0.247 e. The first-order valence-corrected chi connectivity index (χ1v) is 3.13. The van der Waals surface area contributed by atoms with Crippen LogP contribution in [0.1, 0.15) is 26.2 Å². The minimum Gasteiger partial charge on any atom is -0.544 e. The highest BCUT2D eigenvalue weighted by molar-refractivity contribution is 5.72. The van der Waals surface area contributed by atoms with Gasteiger partial charge in [-0.2, -0.15) is 0 Å². The van der Waals surface area contributed by atoms with Gasteiger partial charge in [-0.3, -0.25) is 0 Å². The topological polar surface area (TPSA) is 60.4 Å². The summed E-state index contributed by atoms with van der Waals surface area (Å²) in [7, 11) is 0. The van der Waals surface area contributed by atoms with Gasteiger partial charge in [0.1, 0.15) is 5.97 Å². The van der Waals surface area contributed by atoms with Crippen LogP contribution >= 0.6 is 0 Å². The molecule has 1 N–H and O–H groups in total. The van der Waals surface area contributed by atoms with E-state index in [4.69, 9.17) is 5.11 Å². The number of carboxylic acid groups (broad SMARTS) is 1. The average molecular weight is 149 g/mol. The average Bonchev–Trinajstić information content (AvgIpc) is 1.84. The number of rotatable bonds is 4. The molecule has 0 saturated carbocycles. The van der Waals surface area contributed by atoms with Gasteiger partial charge in [0.05, 0.1) is 0 Å². The fraction of sp³-hybridized carbons (Fsp3) is 0.833. The van der Waals surface area contributed by atoms with Crippen molar-refractivity contribution in [3.05, 3.63) is 0 Å². The van der Waals surface area contributed by atoms with Crippen molar-refractivity contribution in [2.45, 2.75) is 32.0 Å². The lowest BCUT2D eigenvalue weighted by Gasteiger charge is -2.18. The van der Waals surface area contributed by atoms with Crippen molar-refractivity contribution in [1.82, 2.24) is 0 Å². The largest absolute Gasteiger partial charge is 0.544 e. The van der Waals surface area contributed by atoms with Crippen LogP contribution < -0.4 is 5.11 Å². The van der Waals surface area contributed by atoms with Crippen molar-refractivity contribution >= 4 is 5.97 Å². The van der Waals surface area contributed by atoms with Crippen molar-refractivity contribution in [2.75, 3.05) is 0 Å². The summed E-state index contributed by atoms with van der Waals surface area (Å²) in [4.78, 5) is 9.79. The normalized spacial score (nSPS) is 16.3. The quantitative estimate of drug-likeness (QED) is 0.590. The second kappa shape index (κ2) is 3.51. The summed E-state index contributed by atoms with van der Waals surface area (Å²) in [6.07, 6.45) is 0.576. The number of aliphatic hydroxyl groups is 1. The minimum atomic E-state index is -3.14. The Kier molecular flexibility index (Phi) is 3.28. The van der Waals surface area contributed by atoms with Crippen molar-refractivity contribution in [1.29, 1.82) is 0 Å². The highest BCUT2D eigenvalue weighted by Crippen LogP contribution is 2.14. The number of hydrogen-bond acceptors (Lipinski definition) is 3. The summed E-state index contributed by atoms with van der Waals surface area (Å²) < 4.78 is 12.3. The third-order valence-electron chi connectivity index (χ3n) is 1.17. The molecule has 1 unspecified atom stereocenters. The van der Waals surface area contributed by atoms with Gasteiger partial charge >= 0.3 is 0 Å². The standard InChI is InChI=1S/C6H11FO3/c1-2-3-4-6(7,10)5(8)9/h10H,2-4H2,1H3,(H,8,9)/p-1. The molecule has 0 saturated heterocycles. The molecule has 3 nitrogen and oxygen atoms in total. The van der Waals surface area contributed by atoms with Crippen molar-refractivity contribution in [3.8, 4) is 0 Å². The highest BCUT2D eigenvalue weighted by Gasteiger charge is 2.26. The van der Waals surface area contributed by atoms with E-state index in [9.17, 15) is 14.3 Å². The molecule has 1 atom stereocenters. The lowest BCUT2D eigenvalue weighted by Crippen LogP contribution is -2.44. The molecule has 4 heteroatoms. The predicted molar refractivity (Wildman–Crippen MR) is 30.6 cm³/mol. The first kappa shape index (κ1) is 9.36. The molecule has 10 heavy (non-hydrogen) atoms. The molecule has 0 aromatic carbocycles. The summed E-state index contributed by atoms with van der Waals surface area (Å²) in [5.41, 5.74) is 0. The third-order valence-corrected chi connectivity index (χ3v) is 1.17. The predicted octanol–water partition coefficient (Wildman–Crippen LogP) is -0.415. The van der Waals surface area contributed by atoms with E-state index in [0.29, 0.717) is 12.8 Å². The highest BCUT2D eigenvalue weighted by atomic mass is 19.2. The van der Waals surface area contributed by atoms with E-state index < -0.39 is 18.2 Å². The zero-order chi connectivity index (χ0) is 8.20. The van der Waals surface area contributed by atoms with E-state index in [1.165, 1.54) is 0 Å². The van der Waals surface area contributed by atoms with E-state index in [2.05, 4.69) is 0 Å². The number of carbonyl (C=O) groups excluding carboxylic acids is 1. The number of alkyl halides is 1. The summed E-state index contributed by atoms with van der Waals surface area (Å²) in [5, 5.41) is 18.2. The Morgan fingerprint density at radius 3 is 2.60 bits per heavy atom. The lowest BCUT2D eigenvalue weighted by molar-refractivity contribution is -0.337. The van der Waals surface area contributed by atoms with Crippen LogP contribution in [0.5, 0.6) is 0 Å². The molecule has 0 heterocycles. The Morgan fingerprint density at radius 1 is 1.80 bits per heavy atom.